The molecule has 1 amide bonds. The van der Waals surface area contributed by atoms with Crippen molar-refractivity contribution in [3.8, 4) is 11.3 Å². The molecular weight excluding hydrogens is 307 g/mol. The Morgan fingerprint density at radius 3 is 2.74 bits per heavy atom. The predicted molar refractivity (Wildman–Crippen MR) is 76.4 cm³/mol. The molecule has 4 nitrogen and oxygen atoms in total. The van der Waals surface area contributed by atoms with Gasteiger partial charge in [0.2, 0.25) is 6.43 Å². The number of likely N-dealkylation sites (tertiary alicyclic amines) is 1. The molecule has 4 rings (SSSR count). The maximum absolute atomic E-state index is 13.1. The highest BCUT2D eigenvalue weighted by atomic mass is 19.3. The fourth-order valence-corrected chi connectivity index (χ4v) is 3.39. The first kappa shape index (κ1) is 14.3. The number of carbonyl (C=O) groups is 1. The van der Waals surface area contributed by atoms with Crippen molar-refractivity contribution in [2.24, 2.45) is 11.3 Å². The predicted octanol–water partition coefficient (Wildman–Crippen LogP) is 2.94. The van der Waals surface area contributed by atoms with Gasteiger partial charge in [0.05, 0.1) is 11.1 Å². The van der Waals surface area contributed by atoms with Crippen LogP contribution < -0.4 is 0 Å². The van der Waals surface area contributed by atoms with E-state index in [4.69, 9.17) is 0 Å². The lowest BCUT2D eigenvalue weighted by Gasteiger charge is -2.19. The van der Waals surface area contributed by atoms with Gasteiger partial charge in [-0.25, -0.2) is 13.2 Å². The summed E-state index contributed by atoms with van der Waals surface area (Å²) in [4.78, 5) is 13.9. The lowest BCUT2D eigenvalue weighted by atomic mass is 10.1. The maximum Gasteiger partial charge on any atom is 0.271 e. The zero-order valence-corrected chi connectivity index (χ0v) is 12.1. The van der Waals surface area contributed by atoms with Crippen molar-refractivity contribution in [1.82, 2.24) is 15.1 Å². The molecule has 23 heavy (non-hydrogen) atoms. The second-order valence-electron chi connectivity index (χ2n) is 6.29. The smallest absolute Gasteiger partial charge is 0.271 e. The standard InChI is InChI=1S/C16H14F3N3O/c17-11-3-1-9(2-4-11)12-5-13(21-20-12)14(23)22-7-10-6-16(10,8-22)15(18)19/h1-5,10,15H,6-8H2,(H,20,21). The number of hydrogen-bond donors (Lipinski definition) is 1. The minimum atomic E-state index is -2.39. The van der Waals surface area contributed by atoms with Gasteiger partial charge in [0, 0.05) is 18.7 Å². The van der Waals surface area contributed by atoms with E-state index in [1.54, 1.807) is 18.2 Å². The van der Waals surface area contributed by atoms with E-state index in [1.165, 1.54) is 17.0 Å². The third-order valence-corrected chi connectivity index (χ3v) is 4.88. The molecule has 2 aromatic rings. The van der Waals surface area contributed by atoms with Gasteiger partial charge in [-0.2, -0.15) is 5.10 Å². The van der Waals surface area contributed by atoms with Gasteiger partial charge < -0.3 is 4.90 Å². The van der Waals surface area contributed by atoms with Crippen LogP contribution in [-0.2, 0) is 0 Å². The minimum absolute atomic E-state index is 0.0917. The molecule has 2 atom stereocenters. The molecule has 1 saturated heterocycles. The van der Waals surface area contributed by atoms with Gasteiger partial charge in [-0.15, -0.1) is 0 Å². The van der Waals surface area contributed by atoms with Gasteiger partial charge in [0.15, 0.2) is 0 Å². The van der Waals surface area contributed by atoms with E-state index in [1.807, 2.05) is 0 Å². The number of alkyl halides is 2. The molecule has 1 saturated carbocycles. The molecule has 2 fully saturated rings. The molecular formula is C16H14F3N3O. The Kier molecular flexibility index (Phi) is 3.01. The average Bonchev–Trinajstić information content (AvgIpc) is 2.91. The molecule has 0 spiro atoms. The van der Waals surface area contributed by atoms with E-state index in [9.17, 15) is 18.0 Å². The van der Waals surface area contributed by atoms with E-state index in [2.05, 4.69) is 10.2 Å². The summed E-state index contributed by atoms with van der Waals surface area (Å²) in [6.45, 7) is 0.465. The Morgan fingerprint density at radius 1 is 1.35 bits per heavy atom. The lowest BCUT2D eigenvalue weighted by molar-refractivity contribution is 0.0485. The van der Waals surface area contributed by atoms with Crippen LogP contribution in [0.15, 0.2) is 30.3 Å². The lowest BCUT2D eigenvalue weighted by Crippen LogP contribution is -2.33. The van der Waals surface area contributed by atoms with E-state index in [-0.39, 0.29) is 29.9 Å². The number of carbonyl (C=O) groups excluding carboxylic acids is 1. The summed E-state index contributed by atoms with van der Waals surface area (Å²) in [6, 6.07) is 7.32. The molecule has 0 radical (unpaired) electrons. The Balaban J connectivity index is 1.51. The zero-order valence-electron chi connectivity index (χ0n) is 12.1. The number of benzene rings is 1. The van der Waals surface area contributed by atoms with Gasteiger partial charge in [-0.1, -0.05) is 0 Å². The van der Waals surface area contributed by atoms with Crippen molar-refractivity contribution < 1.29 is 18.0 Å². The Hall–Kier alpha value is -2.31. The highest BCUT2D eigenvalue weighted by Gasteiger charge is 2.66. The molecule has 1 aromatic heterocycles. The van der Waals surface area contributed by atoms with Crippen molar-refractivity contribution in [2.45, 2.75) is 12.8 Å². The SMILES string of the molecule is O=C(c1cc(-c2ccc(F)cc2)n[nH]1)N1CC2CC2(C(F)F)C1. The van der Waals surface area contributed by atoms with Gasteiger partial charge in [0.25, 0.3) is 5.91 Å². The number of H-pyrrole nitrogens is 1. The Labute approximate surface area is 130 Å². The number of rotatable bonds is 3. The van der Waals surface area contributed by atoms with Crippen molar-refractivity contribution in [1.29, 1.82) is 0 Å². The van der Waals surface area contributed by atoms with Crippen molar-refractivity contribution in [3.05, 3.63) is 41.8 Å². The van der Waals surface area contributed by atoms with Crippen LogP contribution >= 0.6 is 0 Å². The van der Waals surface area contributed by atoms with Crippen molar-refractivity contribution >= 4 is 5.91 Å². The van der Waals surface area contributed by atoms with Gasteiger partial charge >= 0.3 is 0 Å². The van der Waals surface area contributed by atoms with Crippen LogP contribution in [0, 0.1) is 17.2 Å². The highest BCUT2D eigenvalue weighted by molar-refractivity contribution is 5.93. The summed E-state index contributed by atoms with van der Waals surface area (Å²) in [5, 5.41) is 6.69. The molecule has 2 aliphatic rings. The minimum Gasteiger partial charge on any atom is -0.336 e. The summed E-state index contributed by atoms with van der Waals surface area (Å²) in [7, 11) is 0. The second kappa shape index (κ2) is 4.84. The summed E-state index contributed by atoms with van der Waals surface area (Å²) < 4.78 is 39.1. The fraction of sp³-hybridized carbons (Fsp3) is 0.375. The van der Waals surface area contributed by atoms with Gasteiger partial charge in [0.1, 0.15) is 11.5 Å². The first-order valence-corrected chi connectivity index (χ1v) is 7.38. The van der Waals surface area contributed by atoms with Crippen LogP contribution in [0.1, 0.15) is 16.9 Å². The molecule has 0 bridgehead atoms. The number of aromatic amines is 1. The molecule has 120 valence electrons. The molecule has 1 aliphatic carbocycles. The maximum atomic E-state index is 13.1. The second-order valence-corrected chi connectivity index (χ2v) is 6.29. The molecule has 1 aromatic carbocycles. The van der Waals surface area contributed by atoms with Crippen molar-refractivity contribution in [2.75, 3.05) is 13.1 Å². The summed E-state index contributed by atoms with van der Waals surface area (Å²) in [5.41, 5.74) is 0.460. The van der Waals surface area contributed by atoms with E-state index < -0.39 is 11.8 Å². The molecule has 2 heterocycles. The van der Waals surface area contributed by atoms with Crippen LogP contribution in [0.2, 0.25) is 0 Å². The van der Waals surface area contributed by atoms with Crippen LogP contribution in [0.5, 0.6) is 0 Å². The van der Waals surface area contributed by atoms with Crippen molar-refractivity contribution in [3.63, 3.8) is 0 Å². The normalized spacial score (nSPS) is 25.7. The van der Waals surface area contributed by atoms with E-state index in [0.29, 0.717) is 24.2 Å². The third-order valence-electron chi connectivity index (χ3n) is 4.88. The number of fused-ring (bicyclic) bond motifs is 1. The van der Waals surface area contributed by atoms with Crippen LogP contribution in [0.25, 0.3) is 11.3 Å². The number of hydrogen-bond acceptors (Lipinski definition) is 2. The topological polar surface area (TPSA) is 49.0 Å². The van der Waals surface area contributed by atoms with Gasteiger partial charge in [-0.3, -0.25) is 9.89 Å². The van der Waals surface area contributed by atoms with Crippen LogP contribution in [-0.4, -0.2) is 40.5 Å². The molecule has 1 aliphatic heterocycles. The third kappa shape index (κ3) is 2.22. The molecule has 1 N–H and O–H groups in total. The largest absolute Gasteiger partial charge is 0.336 e. The molecule has 7 heteroatoms. The number of nitrogens with one attached hydrogen (secondary N) is 1. The zero-order chi connectivity index (χ0) is 16.2. The quantitative estimate of drug-likeness (QED) is 0.945. The summed E-state index contributed by atoms with van der Waals surface area (Å²) in [5.74, 6) is -0.766. The number of nitrogens with zero attached hydrogens (tertiary/aromatic N) is 2. The monoisotopic (exact) mass is 321 g/mol. The Morgan fingerprint density at radius 2 is 2.09 bits per heavy atom. The summed E-state index contributed by atoms with van der Waals surface area (Å²) in [6.07, 6.45) is -1.89. The first-order chi connectivity index (χ1) is 11.0. The number of piperidine rings is 1. The number of amides is 1. The molecule has 2 unspecified atom stereocenters. The average molecular weight is 321 g/mol. The highest BCUT2D eigenvalue weighted by Crippen LogP contribution is 2.61. The number of halogens is 3. The number of aromatic nitrogens is 2. The van der Waals surface area contributed by atoms with Crippen LogP contribution in [0.3, 0.4) is 0 Å². The van der Waals surface area contributed by atoms with Crippen LogP contribution in [0.4, 0.5) is 13.2 Å². The van der Waals surface area contributed by atoms with E-state index >= 15 is 0 Å². The Bertz CT molecular complexity index is 758. The summed E-state index contributed by atoms with van der Waals surface area (Å²) >= 11 is 0. The fourth-order valence-electron chi connectivity index (χ4n) is 3.39. The van der Waals surface area contributed by atoms with E-state index in [0.717, 1.165) is 0 Å². The van der Waals surface area contributed by atoms with Gasteiger partial charge in [-0.05, 0) is 42.7 Å². The first-order valence-electron chi connectivity index (χ1n) is 7.38.